The van der Waals surface area contributed by atoms with E-state index in [9.17, 15) is 4.79 Å². The number of aryl methyl sites for hydroxylation is 1. The van der Waals surface area contributed by atoms with Gasteiger partial charge >= 0.3 is 5.97 Å². The number of likely N-dealkylation sites (N-methyl/N-ethyl adjacent to an activating group) is 1. The molecule has 6 heteroatoms. The van der Waals surface area contributed by atoms with Crippen LogP contribution in [-0.2, 0) is 23.8 Å². The van der Waals surface area contributed by atoms with Crippen LogP contribution in [0.5, 0.6) is 0 Å². The fraction of sp³-hybridized carbons (Fsp3) is 0.765. The molecular formula is C17H30N4O2. The second-order valence-electron chi connectivity index (χ2n) is 7.59. The number of aromatic nitrogens is 2. The fourth-order valence-corrected chi connectivity index (χ4v) is 3.28. The van der Waals surface area contributed by atoms with Crippen molar-refractivity contribution in [3.05, 3.63) is 17.5 Å². The van der Waals surface area contributed by atoms with Crippen molar-refractivity contribution >= 4 is 5.97 Å². The minimum atomic E-state index is -0.742. The largest absolute Gasteiger partial charge is 0.480 e. The van der Waals surface area contributed by atoms with Gasteiger partial charge < -0.3 is 10.4 Å². The smallest absolute Gasteiger partial charge is 0.317 e. The van der Waals surface area contributed by atoms with Gasteiger partial charge in [-0.25, -0.2) is 0 Å². The minimum Gasteiger partial charge on any atom is -0.480 e. The summed E-state index contributed by atoms with van der Waals surface area (Å²) in [4.78, 5) is 12.9. The zero-order valence-electron chi connectivity index (χ0n) is 15.0. The van der Waals surface area contributed by atoms with Gasteiger partial charge in [0.1, 0.15) is 0 Å². The Kier molecular flexibility index (Phi) is 5.47. The summed E-state index contributed by atoms with van der Waals surface area (Å²) in [6.45, 7) is 10.3. The van der Waals surface area contributed by atoms with Crippen molar-refractivity contribution < 1.29 is 9.90 Å². The van der Waals surface area contributed by atoms with E-state index in [1.54, 1.807) is 0 Å². The molecule has 0 spiro atoms. The average molecular weight is 322 g/mol. The number of hydrogen-bond acceptors (Lipinski definition) is 4. The summed E-state index contributed by atoms with van der Waals surface area (Å²) in [6.07, 6.45) is 4.13. The van der Waals surface area contributed by atoms with Crippen molar-refractivity contribution in [1.82, 2.24) is 20.0 Å². The third-order valence-corrected chi connectivity index (χ3v) is 4.57. The van der Waals surface area contributed by atoms with Gasteiger partial charge in [-0.1, -0.05) is 27.7 Å². The molecule has 23 heavy (non-hydrogen) atoms. The van der Waals surface area contributed by atoms with Crippen molar-refractivity contribution in [2.24, 2.45) is 7.05 Å². The molecule has 6 nitrogen and oxygen atoms in total. The first-order valence-electron chi connectivity index (χ1n) is 8.43. The van der Waals surface area contributed by atoms with Gasteiger partial charge in [-0.15, -0.1) is 0 Å². The lowest BCUT2D eigenvalue weighted by Gasteiger charge is -2.42. The van der Waals surface area contributed by atoms with Crippen molar-refractivity contribution in [2.45, 2.75) is 64.6 Å². The van der Waals surface area contributed by atoms with Gasteiger partial charge in [0.2, 0.25) is 0 Å². The molecule has 0 saturated heterocycles. The van der Waals surface area contributed by atoms with Crippen molar-refractivity contribution in [1.29, 1.82) is 0 Å². The highest BCUT2D eigenvalue weighted by molar-refractivity contribution is 5.69. The summed E-state index contributed by atoms with van der Waals surface area (Å²) in [5, 5.41) is 17.1. The Morgan fingerprint density at radius 2 is 2.13 bits per heavy atom. The normalized spacial score (nSPS) is 21.5. The zero-order valence-corrected chi connectivity index (χ0v) is 15.0. The average Bonchev–Trinajstić information content (AvgIpc) is 2.76. The highest BCUT2D eigenvalue weighted by Gasteiger charge is 2.33. The lowest BCUT2D eigenvalue weighted by Crippen LogP contribution is -2.53. The van der Waals surface area contributed by atoms with Gasteiger partial charge in [0.05, 0.1) is 12.2 Å². The summed E-state index contributed by atoms with van der Waals surface area (Å²) in [5.74, 6) is -0.742. The van der Waals surface area contributed by atoms with Crippen molar-refractivity contribution in [3.63, 3.8) is 0 Å². The third-order valence-electron chi connectivity index (χ3n) is 4.57. The molecule has 1 heterocycles. The lowest BCUT2D eigenvalue weighted by atomic mass is 9.84. The van der Waals surface area contributed by atoms with E-state index in [0.717, 1.165) is 31.6 Å². The summed E-state index contributed by atoms with van der Waals surface area (Å²) >= 11 is 0. The Morgan fingerprint density at radius 3 is 2.65 bits per heavy atom. The number of carboxylic acids is 1. The van der Waals surface area contributed by atoms with E-state index in [1.165, 1.54) is 5.56 Å². The lowest BCUT2D eigenvalue weighted by molar-refractivity contribution is -0.139. The molecule has 1 aliphatic carbocycles. The van der Waals surface area contributed by atoms with Crippen LogP contribution in [0.4, 0.5) is 0 Å². The number of hydrogen-bond donors (Lipinski definition) is 2. The first-order valence-corrected chi connectivity index (χ1v) is 8.43. The number of carbonyl (C=O) groups is 1. The number of rotatable bonds is 7. The maximum Gasteiger partial charge on any atom is 0.317 e. The maximum atomic E-state index is 10.9. The quantitative estimate of drug-likeness (QED) is 0.800. The van der Waals surface area contributed by atoms with Crippen LogP contribution in [0.1, 0.15) is 51.8 Å². The summed E-state index contributed by atoms with van der Waals surface area (Å²) < 4.78 is 1.88. The first-order chi connectivity index (χ1) is 10.7. The maximum absolute atomic E-state index is 10.9. The monoisotopic (exact) mass is 322 g/mol. The predicted molar refractivity (Wildman–Crippen MR) is 90.4 cm³/mol. The Bertz CT molecular complexity index is 541. The standard InChI is InChI=1S/C17H30N4O2/c1-6-21(11-15(22)23)14-7-13(8-14)18-9-12-10-20(5)19-16(12)17(2,3)4/h10,13-14,18H,6-9,11H2,1-5H3,(H,22,23). The minimum absolute atomic E-state index is 0.0426. The molecule has 130 valence electrons. The van der Waals surface area contributed by atoms with Crippen LogP contribution in [0.15, 0.2) is 6.20 Å². The van der Waals surface area contributed by atoms with Crippen molar-refractivity contribution in [2.75, 3.05) is 13.1 Å². The SMILES string of the molecule is CCN(CC(=O)O)C1CC(NCc2cn(C)nc2C(C)(C)C)C1. The van der Waals surface area contributed by atoms with Crippen LogP contribution >= 0.6 is 0 Å². The second-order valence-corrected chi connectivity index (χ2v) is 7.59. The van der Waals surface area contributed by atoms with Gasteiger partial charge in [-0.05, 0) is 19.4 Å². The van der Waals surface area contributed by atoms with E-state index < -0.39 is 5.97 Å². The van der Waals surface area contributed by atoms with E-state index in [4.69, 9.17) is 5.11 Å². The molecule has 0 unspecified atom stereocenters. The Labute approximate surface area is 138 Å². The topological polar surface area (TPSA) is 70.4 Å². The molecule has 1 saturated carbocycles. The molecule has 0 aromatic carbocycles. The van der Waals surface area contributed by atoms with Gasteiger partial charge in [-0.2, -0.15) is 5.10 Å². The summed E-state index contributed by atoms with van der Waals surface area (Å²) in [5.41, 5.74) is 2.44. The van der Waals surface area contributed by atoms with E-state index in [1.807, 2.05) is 23.6 Å². The summed E-state index contributed by atoms with van der Waals surface area (Å²) in [7, 11) is 1.96. The molecule has 2 rings (SSSR count). The molecule has 2 N–H and O–H groups in total. The van der Waals surface area contributed by atoms with Crippen molar-refractivity contribution in [3.8, 4) is 0 Å². The van der Waals surface area contributed by atoms with Crippen LogP contribution in [-0.4, -0.2) is 50.9 Å². The van der Waals surface area contributed by atoms with Crippen LogP contribution in [0.3, 0.4) is 0 Å². The molecule has 1 aliphatic rings. The van der Waals surface area contributed by atoms with E-state index in [-0.39, 0.29) is 12.0 Å². The van der Waals surface area contributed by atoms with Crippen LogP contribution in [0, 0.1) is 0 Å². The summed E-state index contributed by atoms with van der Waals surface area (Å²) in [6, 6.07) is 0.862. The molecule has 1 fully saturated rings. The van der Waals surface area contributed by atoms with Crippen LogP contribution in [0.2, 0.25) is 0 Å². The number of aliphatic carboxylic acids is 1. The molecule has 0 atom stereocenters. The zero-order chi connectivity index (χ0) is 17.2. The molecule has 0 aliphatic heterocycles. The Balaban J connectivity index is 1.84. The Hall–Kier alpha value is -1.40. The second kappa shape index (κ2) is 7.01. The Morgan fingerprint density at radius 1 is 1.48 bits per heavy atom. The molecule has 0 bridgehead atoms. The number of nitrogens with zero attached hydrogens (tertiary/aromatic N) is 3. The predicted octanol–water partition coefficient (Wildman–Crippen LogP) is 1.74. The van der Waals surface area contributed by atoms with Gasteiger partial charge in [-0.3, -0.25) is 14.4 Å². The van der Waals surface area contributed by atoms with Gasteiger partial charge in [0.25, 0.3) is 0 Å². The highest BCUT2D eigenvalue weighted by atomic mass is 16.4. The third kappa shape index (κ3) is 4.54. The van der Waals surface area contributed by atoms with Crippen LogP contribution < -0.4 is 5.32 Å². The molecular weight excluding hydrogens is 292 g/mol. The molecule has 1 aromatic rings. The van der Waals surface area contributed by atoms with Crippen LogP contribution in [0.25, 0.3) is 0 Å². The highest BCUT2D eigenvalue weighted by Crippen LogP contribution is 2.27. The number of carboxylic acid groups (broad SMARTS) is 1. The fourth-order valence-electron chi connectivity index (χ4n) is 3.28. The molecule has 1 aromatic heterocycles. The van der Waals surface area contributed by atoms with E-state index >= 15 is 0 Å². The van der Waals surface area contributed by atoms with E-state index in [0.29, 0.717) is 12.1 Å². The number of nitrogens with one attached hydrogen (secondary N) is 1. The molecule has 0 amide bonds. The van der Waals surface area contributed by atoms with Gasteiger partial charge in [0.15, 0.2) is 0 Å². The van der Waals surface area contributed by atoms with Gasteiger partial charge in [0, 0.05) is 42.9 Å². The first kappa shape index (κ1) is 17.9. The van der Waals surface area contributed by atoms with E-state index in [2.05, 4.69) is 37.4 Å². The molecule has 0 radical (unpaired) electrons.